The van der Waals surface area contributed by atoms with E-state index < -0.39 is 142 Å². The molecule has 22 nitrogen and oxygen atoms in total. The number of carbonyl (C=O) groups is 3. The summed E-state index contributed by atoms with van der Waals surface area (Å²) in [6.45, 7) is 34.1. The second-order valence-electron chi connectivity index (χ2n) is 37.2. The van der Waals surface area contributed by atoms with Gasteiger partial charge >= 0.3 is 12.2 Å². The number of pyridine rings is 2. The molecule has 8 aliphatic rings. The summed E-state index contributed by atoms with van der Waals surface area (Å²) < 4.78 is 140. The number of carbonyl (C=O) groups excluding carboxylic acids is 3. The molecule has 39 heteroatoms. The monoisotopic (exact) mass is 2150 g/mol. The quantitative estimate of drug-likeness (QED) is 0.00932. The lowest BCUT2D eigenvalue weighted by molar-refractivity contribution is -0.108. The van der Waals surface area contributed by atoms with Crippen LogP contribution in [0, 0.1) is 118 Å². The van der Waals surface area contributed by atoms with E-state index in [1.54, 1.807) is 102 Å². The van der Waals surface area contributed by atoms with Crippen molar-refractivity contribution in [1.82, 2.24) is 19.8 Å². The van der Waals surface area contributed by atoms with Crippen molar-refractivity contribution in [1.29, 1.82) is 15.8 Å². The van der Waals surface area contributed by atoms with Crippen molar-refractivity contribution in [2.24, 2.45) is 55.1 Å². The van der Waals surface area contributed by atoms with Crippen LogP contribution in [-0.2, 0) is 45.9 Å². The minimum Gasteiger partial charge on any atom is -0.443 e. The molecule has 12 atom stereocenters. The predicted octanol–water partition coefficient (Wildman–Crippen LogP) is 23.1. The number of terminal acetylenes is 1. The van der Waals surface area contributed by atoms with Gasteiger partial charge in [-0.25, -0.2) is 84.2 Å². The van der Waals surface area contributed by atoms with Crippen molar-refractivity contribution >= 4 is 162 Å². The minimum atomic E-state index is -1.64. The largest absolute Gasteiger partial charge is 0.443 e. The molecule has 2 amide bonds. The van der Waals surface area contributed by atoms with Crippen LogP contribution in [0.3, 0.4) is 0 Å². The molecule has 4 fully saturated rings. The number of halogens is 11. The van der Waals surface area contributed by atoms with E-state index >= 15 is 8.78 Å². The van der Waals surface area contributed by atoms with Gasteiger partial charge in [-0.1, -0.05) is 176 Å². The van der Waals surface area contributed by atoms with Gasteiger partial charge in [0, 0.05) is 139 Å². The molecule has 0 saturated heterocycles. The number of amides is 2. The number of nitrogens with zero attached hydrogens (tertiary/aromatic N) is 13. The molecule has 0 radical (unpaired) electrons. The number of fused-ring (bicyclic) bond motifs is 4. The van der Waals surface area contributed by atoms with Crippen molar-refractivity contribution in [3.05, 3.63) is 245 Å². The molecule has 0 unspecified atom stereocenters. The van der Waals surface area contributed by atoms with E-state index in [2.05, 4.69) is 139 Å². The standard InChI is InChI=1S/C26H34BrF2N3O3SSi.C24H33BrF2N2O4SSi.C23H15F2N5S.C15H12BrF2N3S.C8H4N2/c1-24(2,3)35-23(33)32(17-34-12-13-37(4,5)6)22-31-26(16-28,19-14-18(27)8-9-20(19)29)21-15-25(21,36-22)10-7-11-30;1-22(2,3)33-21(31)29(15-32-9-10-35(4,5)6)20-28-24(13-26,19-12-23(19,14-30)34-20)17-11-16(25)7-8-18(17)27;1-28-17-7-6-16(29-13-17)5-3-15-4-8-19(25)18(11-15)23(14-24)20-12-22(20,9-2-10-26)31-21(27)30-23;16-9-2-3-11(18)10(6-9)15(8-17)12-7-14(12,4-1-5-19)22-13(20)21-15;1-3-7-4-5-8(9-2)6-10-7/h7-10,14,21H,12-13,15-17H2,1-6H3;7-8,11,14,19H,9-10,12-13,15H2,1-6H3;2,4,6-9,11,13,20H,12,14H2,(H2,27,30);1-4,6,12H,7-8H2,(H2,20,21);1,4-6H/b10-7+;;9-2+;4-1+;/t21-,25+,26-;19-,23-,24-;20-,22+,23-;12-,14+,15-;/m1111./s1. The second kappa shape index (κ2) is 43.8. The number of hydrogen-bond donors (Lipinski definition) is 2. The Labute approximate surface area is 825 Å². The summed E-state index contributed by atoms with van der Waals surface area (Å²) >= 11 is 14.9. The van der Waals surface area contributed by atoms with Crippen LogP contribution >= 0.6 is 94.8 Å². The Bertz CT molecular complexity index is 6020. The molecule has 0 spiro atoms. The van der Waals surface area contributed by atoms with Gasteiger partial charge in [0.25, 0.3) is 0 Å². The zero-order valence-corrected chi connectivity index (χ0v) is 85.9. The fourth-order valence-corrected chi connectivity index (χ4v) is 23.9. The van der Waals surface area contributed by atoms with Gasteiger partial charge in [-0.15, -0.1) is 6.42 Å². The van der Waals surface area contributed by atoms with Crippen molar-refractivity contribution in [3.8, 4) is 42.4 Å². The summed E-state index contributed by atoms with van der Waals surface area (Å²) in [5.74, 6) is 4.34. The average molecular weight is 2150 g/mol. The maximum atomic E-state index is 15.2. The Hall–Kier alpha value is -9.91. The summed E-state index contributed by atoms with van der Waals surface area (Å²) in [5.41, 5.74) is 7.12. The molecule has 0 bridgehead atoms. The number of thioether (sulfide) groups is 4. The van der Waals surface area contributed by atoms with Crippen LogP contribution < -0.4 is 11.5 Å². The van der Waals surface area contributed by atoms with Crippen LogP contribution in [0.25, 0.3) is 9.69 Å². The molecule has 14 rings (SSSR count). The van der Waals surface area contributed by atoms with Crippen molar-refractivity contribution in [2.75, 3.05) is 53.4 Å². The summed E-state index contributed by atoms with van der Waals surface area (Å²) in [5, 5.41) is 27.5. The number of nitrogens with two attached hydrogens (primary N) is 2. The average Bonchev–Trinajstić information content (AvgIpc) is 1.54. The Balaban J connectivity index is 0.000000182. The maximum absolute atomic E-state index is 15.2. The first-order valence-electron chi connectivity index (χ1n) is 42.2. The number of aldehydes is 1. The van der Waals surface area contributed by atoms with Gasteiger partial charge in [-0.3, -0.25) is 9.97 Å². The molecule has 6 heterocycles. The highest BCUT2D eigenvalue weighted by molar-refractivity contribution is 9.11. The van der Waals surface area contributed by atoms with E-state index in [1.807, 2.05) is 18.2 Å². The highest BCUT2D eigenvalue weighted by atomic mass is 79.9. The number of ether oxygens (including phenoxy) is 4. The normalized spacial score (nSPS) is 25.6. The number of nitriles is 3. The van der Waals surface area contributed by atoms with Crippen molar-refractivity contribution < 1.29 is 68.5 Å². The third-order valence-corrected chi connectivity index (χ3v) is 33.1. The summed E-state index contributed by atoms with van der Waals surface area (Å²) in [4.78, 5) is 73.5. The van der Waals surface area contributed by atoms with E-state index in [0.717, 1.165) is 30.1 Å². The number of hydrogen-bond acceptors (Lipinski definition) is 22. The Kier molecular flexibility index (Phi) is 34.8. The molecule has 4 aromatic carbocycles. The smallest absolute Gasteiger partial charge is 0.418 e. The van der Waals surface area contributed by atoms with Gasteiger partial charge in [-0.2, -0.15) is 15.8 Å². The van der Waals surface area contributed by atoms with E-state index in [4.69, 9.17) is 65.5 Å². The molecule has 708 valence electrons. The molecule has 2 aromatic heterocycles. The van der Waals surface area contributed by atoms with Gasteiger partial charge in [-0.05, 0) is 170 Å². The molecule has 135 heavy (non-hydrogen) atoms. The first-order chi connectivity index (χ1) is 63.6. The number of rotatable bonds is 22. The van der Waals surface area contributed by atoms with Gasteiger partial charge in [0.2, 0.25) is 11.4 Å². The number of allylic oxidation sites excluding steroid dienone is 3. The number of amidine groups is 4. The summed E-state index contributed by atoms with van der Waals surface area (Å²) in [7, 11) is -2.76. The lowest BCUT2D eigenvalue weighted by atomic mass is 9.84. The maximum Gasteiger partial charge on any atom is 0.418 e. The van der Waals surface area contributed by atoms with Crippen LogP contribution in [0.2, 0.25) is 51.4 Å². The number of aliphatic imine (C=N–C) groups is 4. The van der Waals surface area contributed by atoms with E-state index in [-0.39, 0.29) is 68.2 Å². The van der Waals surface area contributed by atoms with Gasteiger partial charge in [0.15, 0.2) is 20.7 Å². The predicted molar refractivity (Wildman–Crippen MR) is 530 cm³/mol. The Morgan fingerprint density at radius 2 is 0.852 bits per heavy atom. The zero-order valence-electron chi connectivity index (χ0n) is 75.8. The molecule has 4 aliphatic carbocycles. The van der Waals surface area contributed by atoms with Crippen LogP contribution in [0.1, 0.15) is 106 Å². The first kappa shape index (κ1) is 107. The van der Waals surface area contributed by atoms with E-state index in [9.17, 15) is 46.0 Å². The zero-order chi connectivity index (χ0) is 99.3. The third kappa shape index (κ3) is 25.5. The second-order valence-corrected chi connectivity index (χ2v) is 56.6. The summed E-state index contributed by atoms with van der Waals surface area (Å²) in [6.07, 6.45) is 18.4. The Morgan fingerprint density at radius 3 is 1.18 bits per heavy atom. The molecular formula is C96H98Br3F8N15O7S4Si2. The Morgan fingerprint density at radius 1 is 0.519 bits per heavy atom. The fraction of sp³-hybridized carbons (Fsp3) is 0.417. The highest BCUT2D eigenvalue weighted by Crippen LogP contribution is 2.71. The molecular weight excluding hydrogens is 2050 g/mol. The summed E-state index contributed by atoms with van der Waals surface area (Å²) in [6, 6.07) is 31.4. The van der Waals surface area contributed by atoms with Crippen molar-refractivity contribution in [2.45, 2.75) is 171 Å². The minimum absolute atomic E-state index is 0.0460. The van der Waals surface area contributed by atoms with Gasteiger partial charge in [0.1, 0.15) is 114 Å². The molecule has 4 saturated carbocycles. The number of benzene rings is 4. The lowest BCUT2D eigenvalue weighted by Crippen LogP contribution is -2.47. The fourth-order valence-electron chi connectivity index (χ4n) is 15.7. The van der Waals surface area contributed by atoms with Gasteiger partial charge < -0.3 is 35.2 Å². The topological polar surface area (TPSA) is 302 Å². The van der Waals surface area contributed by atoms with Crippen LogP contribution in [0.15, 0.2) is 179 Å². The van der Waals surface area contributed by atoms with E-state index in [1.165, 1.54) is 130 Å². The van der Waals surface area contributed by atoms with Crippen LogP contribution in [0.4, 0.5) is 56.1 Å². The van der Waals surface area contributed by atoms with Crippen molar-refractivity contribution in [3.63, 3.8) is 0 Å². The van der Waals surface area contributed by atoms with E-state index in [0.29, 0.717) is 80.6 Å². The number of alkyl halides is 4. The van der Waals surface area contributed by atoms with Crippen LogP contribution in [0.5, 0.6) is 0 Å². The number of aromatic nitrogens is 2. The van der Waals surface area contributed by atoms with Gasteiger partial charge in [0.05, 0.1) is 36.1 Å². The molecule has 4 N–H and O–H groups in total. The third-order valence-electron chi connectivity index (χ3n) is 22.8. The molecule has 6 aromatic rings. The highest BCUT2D eigenvalue weighted by Gasteiger charge is 2.72. The lowest BCUT2D eigenvalue weighted by Gasteiger charge is -2.38. The SMILES string of the molecule is CC(C)(C)OC(=O)N(COCC[Si](C)(C)C)C1=N[C@](CF)(c2cc(Br)ccc2F)[C@@H]2C[C@]2(/C=C/C#N)S1.CC(C)(C)OC(=O)N(COCC[Si](C)(C)C)C1=N[C@](CF)(c2cc(Br)ccc2F)[C@@H]2C[C@]2(C=O)S1.N#C/C=C/[C@]12C[C@H]1[C@@](CF)(c1cc(Br)ccc1F)N=C(N)S2.[C-]#[N+]c1ccc(C#C)nc1.[C-]#[N+]c1ccc(C#Cc2ccc(F)c([C@@]3(CF)N=C(N)S[C@@]4(/C=C/C#N)C[C@H]43)c2)nc1. The first-order valence-corrected chi connectivity index (χ1v) is 55.3. The molecule has 4 aliphatic heterocycles. The van der Waals surface area contributed by atoms with Crippen LogP contribution in [-0.4, -0.2) is 159 Å².